The number of nitrogens with one attached hydrogen (secondary N) is 2. The monoisotopic (exact) mass is 576 g/mol. The third-order valence-corrected chi connectivity index (χ3v) is 10.1. The maximum Gasteiger partial charge on any atom is 0.267 e. The number of carbonyl (C=O) groups is 1. The van der Waals surface area contributed by atoms with Crippen LogP contribution >= 0.6 is 23.2 Å². The molecule has 6 rings (SSSR count). The average Bonchev–Trinajstić information content (AvgIpc) is 3.42. The average molecular weight is 577 g/mol. The lowest BCUT2D eigenvalue weighted by Crippen LogP contribution is -2.61. The van der Waals surface area contributed by atoms with Gasteiger partial charge in [0.15, 0.2) is 24.0 Å². The molecule has 37 heavy (non-hydrogen) atoms. The number of fused-ring (bicyclic) bond motifs is 3. The molecule has 0 aromatic heterocycles. The third kappa shape index (κ3) is 4.81. The first kappa shape index (κ1) is 26.2. The summed E-state index contributed by atoms with van der Waals surface area (Å²) < 4.78 is 57.4. The largest absolute Gasteiger partial charge is 0.341 e. The molecule has 2 aliphatic carbocycles. The summed E-state index contributed by atoms with van der Waals surface area (Å²) in [6.07, 6.45) is 5.00. The van der Waals surface area contributed by atoms with Crippen molar-refractivity contribution in [3.63, 3.8) is 0 Å². The smallest absolute Gasteiger partial charge is 0.267 e. The number of carbonyl (C=O) groups excluding carboxylic acids is 1. The van der Waals surface area contributed by atoms with Crippen LogP contribution in [0.2, 0.25) is 10.0 Å². The van der Waals surface area contributed by atoms with Gasteiger partial charge >= 0.3 is 0 Å². The van der Waals surface area contributed by atoms with Gasteiger partial charge < -0.3 is 23.7 Å². The van der Waals surface area contributed by atoms with Gasteiger partial charge in [-0.25, -0.2) is 8.42 Å². The second-order valence-electron chi connectivity index (χ2n) is 10.4. The van der Waals surface area contributed by atoms with Gasteiger partial charge in [-0.15, -0.1) is 4.83 Å². The molecule has 0 unspecified atom stereocenters. The predicted octanol–water partition coefficient (Wildman–Crippen LogP) is 3.55. The molecule has 3 heterocycles. The SMILES string of the molecule is O=C(NNS(=O)(=O)c1cccc(Cl)c1Cl)[C@@H]1O[C@@H]2OC3(CCCCC3)O[C@@H]2[C@H]2OC3(CCCCC3)O[C@H]21. The zero-order valence-corrected chi connectivity index (χ0v) is 22.4. The van der Waals surface area contributed by atoms with E-state index in [0.29, 0.717) is 12.8 Å². The lowest BCUT2D eigenvalue weighted by atomic mass is 9.94. The second-order valence-corrected chi connectivity index (χ2v) is 12.8. The Morgan fingerprint density at radius 3 is 2.11 bits per heavy atom. The number of rotatable bonds is 4. The minimum Gasteiger partial charge on any atom is -0.341 e. The van der Waals surface area contributed by atoms with Gasteiger partial charge in [-0.3, -0.25) is 10.2 Å². The molecule has 0 bridgehead atoms. The highest BCUT2D eigenvalue weighted by Crippen LogP contribution is 2.50. The van der Waals surface area contributed by atoms with Crippen LogP contribution in [0.1, 0.15) is 64.2 Å². The van der Waals surface area contributed by atoms with Crippen molar-refractivity contribution in [1.29, 1.82) is 0 Å². The van der Waals surface area contributed by atoms with Gasteiger partial charge in [0.1, 0.15) is 23.2 Å². The van der Waals surface area contributed by atoms with E-state index in [-0.39, 0.29) is 14.9 Å². The number of ether oxygens (including phenoxy) is 5. The van der Waals surface area contributed by atoms with Gasteiger partial charge in [-0.1, -0.05) is 42.1 Å². The van der Waals surface area contributed by atoms with Crippen LogP contribution in [0, 0.1) is 0 Å². The first-order chi connectivity index (χ1) is 17.7. The third-order valence-electron chi connectivity index (χ3n) is 7.88. The maximum atomic E-state index is 13.3. The Morgan fingerprint density at radius 1 is 0.838 bits per heavy atom. The minimum absolute atomic E-state index is 0.0738. The molecule has 5 aliphatic rings. The Labute approximate surface area is 225 Å². The van der Waals surface area contributed by atoms with Gasteiger partial charge in [-0.05, 0) is 37.8 Å². The highest BCUT2D eigenvalue weighted by molar-refractivity contribution is 7.89. The van der Waals surface area contributed by atoms with E-state index in [1.54, 1.807) is 0 Å². The van der Waals surface area contributed by atoms with Crippen molar-refractivity contribution < 1.29 is 36.9 Å². The van der Waals surface area contributed by atoms with Crippen LogP contribution in [0.15, 0.2) is 23.1 Å². The molecule has 13 heteroatoms. The van der Waals surface area contributed by atoms with Crippen LogP contribution in [0.5, 0.6) is 0 Å². The molecule has 2 spiro atoms. The molecule has 0 radical (unpaired) electrons. The van der Waals surface area contributed by atoms with E-state index in [0.717, 1.165) is 51.4 Å². The summed E-state index contributed by atoms with van der Waals surface area (Å²) >= 11 is 12.0. The van der Waals surface area contributed by atoms with E-state index in [1.807, 2.05) is 0 Å². The molecule has 204 valence electrons. The van der Waals surface area contributed by atoms with Crippen LogP contribution in [-0.2, 0) is 38.5 Å². The van der Waals surface area contributed by atoms with Crippen molar-refractivity contribution >= 4 is 39.1 Å². The molecule has 1 amide bonds. The minimum atomic E-state index is -4.22. The Balaban J connectivity index is 1.23. The number of hydrazine groups is 1. The zero-order valence-electron chi connectivity index (χ0n) is 20.1. The summed E-state index contributed by atoms with van der Waals surface area (Å²) in [5.74, 6) is -2.32. The zero-order chi connectivity index (χ0) is 25.8. The fraction of sp³-hybridized carbons (Fsp3) is 0.708. The van der Waals surface area contributed by atoms with E-state index >= 15 is 0 Å². The number of halogens is 2. The van der Waals surface area contributed by atoms with E-state index < -0.39 is 58.2 Å². The predicted molar refractivity (Wildman–Crippen MR) is 131 cm³/mol. The molecule has 1 aromatic rings. The van der Waals surface area contributed by atoms with Crippen molar-refractivity contribution in [3.8, 4) is 0 Å². The van der Waals surface area contributed by atoms with Gasteiger partial charge in [0, 0.05) is 25.7 Å². The van der Waals surface area contributed by atoms with Gasteiger partial charge in [-0.2, -0.15) is 0 Å². The first-order valence-electron chi connectivity index (χ1n) is 12.8. The van der Waals surface area contributed by atoms with Crippen LogP contribution < -0.4 is 10.3 Å². The highest BCUT2D eigenvalue weighted by Gasteiger charge is 2.65. The second kappa shape index (κ2) is 9.87. The number of sulfonamides is 1. The number of hydrogen-bond acceptors (Lipinski definition) is 8. The van der Waals surface area contributed by atoms with E-state index in [2.05, 4.69) is 10.3 Å². The summed E-state index contributed by atoms with van der Waals surface area (Å²) in [7, 11) is -4.22. The van der Waals surface area contributed by atoms with Crippen LogP contribution in [0.3, 0.4) is 0 Å². The number of amides is 1. The van der Waals surface area contributed by atoms with Gasteiger partial charge in [0.25, 0.3) is 15.9 Å². The first-order valence-corrected chi connectivity index (χ1v) is 15.1. The van der Waals surface area contributed by atoms with Crippen LogP contribution in [-0.4, -0.2) is 56.6 Å². The Bertz CT molecular complexity index is 1160. The molecule has 3 saturated heterocycles. The molecule has 10 nitrogen and oxygen atoms in total. The molecule has 5 atom stereocenters. The molecular weight excluding hydrogens is 547 g/mol. The standard InChI is InChI=1S/C24H30Cl2N2O8S/c25-14-8-7-9-15(16(14)26)37(30,31)28-27-21(29)19-17-18(34-23(33-17)10-3-1-4-11-23)20-22(32-19)36-24(35-20)12-5-2-6-13-24/h7-9,17-20,22,28H,1-6,10-13H2,(H,27,29)/t17-,18+,19-,20-,22-/m1/s1. The van der Waals surface area contributed by atoms with Crippen molar-refractivity contribution in [1.82, 2.24) is 10.3 Å². The topological polar surface area (TPSA) is 121 Å². The molecule has 5 fully saturated rings. The fourth-order valence-electron chi connectivity index (χ4n) is 6.10. The molecule has 1 aromatic carbocycles. The van der Waals surface area contributed by atoms with E-state index in [1.165, 1.54) is 18.2 Å². The molecule has 2 N–H and O–H groups in total. The molecule has 3 aliphatic heterocycles. The maximum absolute atomic E-state index is 13.3. The Morgan fingerprint density at radius 2 is 1.43 bits per heavy atom. The number of hydrogen-bond donors (Lipinski definition) is 2. The van der Waals surface area contributed by atoms with Crippen LogP contribution in [0.25, 0.3) is 0 Å². The highest BCUT2D eigenvalue weighted by atomic mass is 35.5. The molecule has 2 saturated carbocycles. The van der Waals surface area contributed by atoms with E-state index in [4.69, 9.17) is 46.9 Å². The fourth-order valence-corrected chi connectivity index (χ4v) is 7.71. The quantitative estimate of drug-likeness (QED) is 0.522. The van der Waals surface area contributed by atoms with Crippen LogP contribution in [0.4, 0.5) is 0 Å². The Hall–Kier alpha value is -1.02. The summed E-state index contributed by atoms with van der Waals surface area (Å²) in [5.41, 5.74) is 2.26. The van der Waals surface area contributed by atoms with Crippen molar-refractivity contribution in [2.45, 2.75) is 111 Å². The van der Waals surface area contributed by atoms with Gasteiger partial charge in [0.05, 0.1) is 10.0 Å². The normalized spacial score (nSPS) is 34.3. The van der Waals surface area contributed by atoms with Crippen molar-refractivity contribution in [3.05, 3.63) is 28.2 Å². The summed E-state index contributed by atoms with van der Waals surface area (Å²) in [6.45, 7) is 0. The lowest BCUT2D eigenvalue weighted by Gasteiger charge is -2.36. The molecular formula is C24H30Cl2N2O8S. The summed E-state index contributed by atoms with van der Waals surface area (Å²) in [6, 6.07) is 4.20. The Kier molecular flexibility index (Phi) is 6.99. The van der Waals surface area contributed by atoms with Crippen molar-refractivity contribution in [2.75, 3.05) is 0 Å². The van der Waals surface area contributed by atoms with Crippen molar-refractivity contribution in [2.24, 2.45) is 0 Å². The van der Waals surface area contributed by atoms with Gasteiger partial charge in [0.2, 0.25) is 0 Å². The van der Waals surface area contributed by atoms with E-state index in [9.17, 15) is 13.2 Å². The number of benzene rings is 1. The summed E-state index contributed by atoms with van der Waals surface area (Å²) in [4.78, 5) is 15.2. The summed E-state index contributed by atoms with van der Waals surface area (Å²) in [5, 5.41) is -0.0755. The lowest BCUT2D eigenvalue weighted by molar-refractivity contribution is -0.247.